The minimum atomic E-state index is -0.766. The Bertz CT molecular complexity index is 1040. The minimum Gasteiger partial charge on any atom is -0.483 e. The smallest absolute Gasteiger partial charge is 0.260 e. The zero-order valence-electron chi connectivity index (χ0n) is 16.9. The van der Waals surface area contributed by atoms with E-state index in [4.69, 9.17) is 10.1 Å². The third-order valence-corrected chi connectivity index (χ3v) is 5.85. The number of fused-ring (bicyclic) bond motifs is 1. The van der Waals surface area contributed by atoms with Crippen molar-refractivity contribution in [3.63, 3.8) is 0 Å². The number of benzene rings is 3. The highest BCUT2D eigenvalue weighted by Crippen LogP contribution is 2.29. The number of aliphatic hydroxyl groups is 1. The van der Waals surface area contributed by atoms with Gasteiger partial charge in [-0.2, -0.15) is 0 Å². The molecule has 4 rings (SSSR count). The van der Waals surface area contributed by atoms with Crippen LogP contribution in [0.5, 0.6) is 5.75 Å². The van der Waals surface area contributed by atoms with Gasteiger partial charge < -0.3 is 20.2 Å². The molecule has 0 spiro atoms. The zero-order chi connectivity index (χ0) is 21.0. The highest BCUT2D eigenvalue weighted by molar-refractivity contribution is 6.01. The molecule has 0 aromatic heterocycles. The largest absolute Gasteiger partial charge is 0.483 e. The second-order valence-corrected chi connectivity index (χ2v) is 7.90. The summed E-state index contributed by atoms with van der Waals surface area (Å²) in [5, 5.41) is 20.3. The molecular formula is C25H26N2O3. The minimum absolute atomic E-state index is 0.0367. The molecular weight excluding hydrogens is 376 g/mol. The molecule has 0 bridgehead atoms. The molecule has 1 heterocycles. The van der Waals surface area contributed by atoms with Gasteiger partial charge in [-0.3, -0.25) is 4.79 Å². The van der Waals surface area contributed by atoms with E-state index in [1.807, 2.05) is 66.7 Å². The number of carbonyl (C=O) groups excluding carboxylic acids is 1. The van der Waals surface area contributed by atoms with Crippen molar-refractivity contribution in [3.8, 4) is 5.75 Å². The topological polar surface area (TPSA) is 73.6 Å². The Balaban J connectivity index is 1.36. The highest BCUT2D eigenvalue weighted by atomic mass is 16.5. The molecule has 2 N–H and O–H groups in total. The lowest BCUT2D eigenvalue weighted by Crippen LogP contribution is -2.48. The van der Waals surface area contributed by atoms with Gasteiger partial charge in [-0.25, -0.2) is 0 Å². The van der Waals surface area contributed by atoms with Crippen LogP contribution in [0.1, 0.15) is 24.0 Å². The van der Waals surface area contributed by atoms with Gasteiger partial charge in [0.1, 0.15) is 5.75 Å². The van der Waals surface area contributed by atoms with Crippen molar-refractivity contribution in [1.82, 2.24) is 4.90 Å². The molecule has 3 aromatic carbocycles. The van der Waals surface area contributed by atoms with Crippen molar-refractivity contribution in [2.75, 3.05) is 19.7 Å². The van der Waals surface area contributed by atoms with Crippen LogP contribution in [0, 0.1) is 5.41 Å². The second kappa shape index (κ2) is 8.67. The maximum Gasteiger partial charge on any atom is 0.260 e. The average Bonchev–Trinajstić information content (AvgIpc) is 2.78. The van der Waals surface area contributed by atoms with Crippen molar-refractivity contribution in [2.24, 2.45) is 0 Å². The molecule has 0 atom stereocenters. The van der Waals surface area contributed by atoms with Gasteiger partial charge in [0.05, 0.1) is 5.60 Å². The molecule has 3 aromatic rings. The van der Waals surface area contributed by atoms with Crippen LogP contribution in [0.2, 0.25) is 0 Å². The summed E-state index contributed by atoms with van der Waals surface area (Å²) in [6, 6.07) is 21.4. The summed E-state index contributed by atoms with van der Waals surface area (Å²) in [6.07, 6.45) is 3.05. The molecule has 154 valence electrons. The highest BCUT2D eigenvalue weighted by Gasteiger charge is 2.34. The van der Waals surface area contributed by atoms with Crippen molar-refractivity contribution >= 4 is 22.9 Å². The fraction of sp³-hybridized carbons (Fsp3) is 0.280. The first-order chi connectivity index (χ1) is 14.6. The Morgan fingerprint density at radius 3 is 2.37 bits per heavy atom. The number of rotatable bonds is 6. The molecule has 0 radical (unpaired) electrons. The summed E-state index contributed by atoms with van der Waals surface area (Å²) < 4.78 is 5.85. The van der Waals surface area contributed by atoms with Gasteiger partial charge in [-0.15, -0.1) is 0 Å². The second-order valence-electron chi connectivity index (χ2n) is 7.90. The van der Waals surface area contributed by atoms with Crippen LogP contribution in [0.3, 0.4) is 0 Å². The van der Waals surface area contributed by atoms with Crippen LogP contribution < -0.4 is 4.74 Å². The molecule has 30 heavy (non-hydrogen) atoms. The van der Waals surface area contributed by atoms with Gasteiger partial charge in [0, 0.05) is 36.7 Å². The van der Waals surface area contributed by atoms with Crippen molar-refractivity contribution in [3.05, 3.63) is 77.9 Å². The molecule has 1 fully saturated rings. The van der Waals surface area contributed by atoms with E-state index in [0.29, 0.717) is 38.1 Å². The van der Waals surface area contributed by atoms with Gasteiger partial charge >= 0.3 is 0 Å². The Hall–Kier alpha value is -3.18. The van der Waals surface area contributed by atoms with E-state index in [1.165, 1.54) is 6.21 Å². The van der Waals surface area contributed by atoms with Crippen LogP contribution in [0.25, 0.3) is 10.8 Å². The fourth-order valence-corrected chi connectivity index (χ4v) is 4.10. The van der Waals surface area contributed by atoms with Crippen molar-refractivity contribution in [2.45, 2.75) is 24.9 Å². The predicted octanol–water partition coefficient (Wildman–Crippen LogP) is 3.81. The first kappa shape index (κ1) is 20.1. The number of amides is 1. The van der Waals surface area contributed by atoms with E-state index in [0.717, 1.165) is 21.9 Å². The van der Waals surface area contributed by atoms with Gasteiger partial charge in [-0.05, 0) is 35.9 Å². The van der Waals surface area contributed by atoms with Crippen LogP contribution >= 0.6 is 0 Å². The van der Waals surface area contributed by atoms with Crippen LogP contribution in [0.4, 0.5) is 0 Å². The maximum absolute atomic E-state index is 12.7. The summed E-state index contributed by atoms with van der Waals surface area (Å²) in [5.41, 5.74) is 1.17. The van der Waals surface area contributed by atoms with E-state index in [1.54, 1.807) is 4.90 Å². The lowest BCUT2D eigenvalue weighted by Gasteiger charge is -2.38. The molecule has 5 nitrogen and oxygen atoms in total. The molecule has 1 saturated heterocycles. The summed E-state index contributed by atoms with van der Waals surface area (Å²) in [4.78, 5) is 14.5. The van der Waals surface area contributed by atoms with Gasteiger partial charge in [0.15, 0.2) is 6.61 Å². The van der Waals surface area contributed by atoms with E-state index < -0.39 is 5.60 Å². The first-order valence-corrected chi connectivity index (χ1v) is 10.3. The van der Waals surface area contributed by atoms with E-state index >= 15 is 0 Å². The summed E-state index contributed by atoms with van der Waals surface area (Å²) in [6.45, 7) is 1.02. The van der Waals surface area contributed by atoms with E-state index in [2.05, 4.69) is 0 Å². The lowest BCUT2D eigenvalue weighted by molar-refractivity contribution is -0.137. The number of nitrogens with zero attached hydrogens (tertiary/aromatic N) is 1. The standard InChI is InChI=1S/C25H26N2O3/c26-17-20-10-11-23(22-9-5-4-8-21(20)22)30-18-24(28)27-14-12-25(29,13-15-27)16-19-6-2-1-3-7-19/h1-11,17,26,29H,12-16,18H2. The zero-order valence-corrected chi connectivity index (χ0v) is 16.9. The quantitative estimate of drug-likeness (QED) is 0.616. The number of nitrogens with one attached hydrogen (secondary N) is 1. The first-order valence-electron chi connectivity index (χ1n) is 10.3. The fourth-order valence-electron chi connectivity index (χ4n) is 4.10. The third-order valence-electron chi connectivity index (χ3n) is 5.85. The Kier molecular flexibility index (Phi) is 5.81. The Morgan fingerprint density at radius 1 is 1.00 bits per heavy atom. The molecule has 1 aliphatic heterocycles. The predicted molar refractivity (Wildman–Crippen MR) is 118 cm³/mol. The summed E-state index contributed by atoms with van der Waals surface area (Å²) >= 11 is 0. The number of piperidine rings is 1. The monoisotopic (exact) mass is 402 g/mol. The molecule has 5 heteroatoms. The lowest BCUT2D eigenvalue weighted by atomic mass is 9.85. The molecule has 1 aliphatic rings. The average molecular weight is 402 g/mol. The summed E-state index contributed by atoms with van der Waals surface area (Å²) in [7, 11) is 0. The van der Waals surface area contributed by atoms with Crippen LogP contribution in [-0.4, -0.2) is 47.4 Å². The maximum atomic E-state index is 12.7. The van der Waals surface area contributed by atoms with Crippen molar-refractivity contribution < 1.29 is 14.6 Å². The van der Waals surface area contributed by atoms with E-state index in [-0.39, 0.29) is 12.5 Å². The molecule has 0 unspecified atom stereocenters. The molecule has 0 aliphatic carbocycles. The number of carbonyl (C=O) groups is 1. The van der Waals surface area contributed by atoms with Gasteiger partial charge in [0.2, 0.25) is 0 Å². The van der Waals surface area contributed by atoms with Crippen LogP contribution in [0.15, 0.2) is 66.7 Å². The Labute approximate surface area is 176 Å². The normalized spacial score (nSPS) is 15.7. The number of likely N-dealkylation sites (tertiary alicyclic amines) is 1. The molecule has 1 amide bonds. The SMILES string of the molecule is N=Cc1ccc(OCC(=O)N2CCC(O)(Cc3ccccc3)CC2)c2ccccc12. The number of hydrogen-bond acceptors (Lipinski definition) is 4. The number of hydrogen-bond donors (Lipinski definition) is 2. The van der Waals surface area contributed by atoms with Crippen molar-refractivity contribution in [1.29, 1.82) is 5.41 Å². The molecule has 0 saturated carbocycles. The van der Waals surface area contributed by atoms with Gasteiger partial charge in [0.25, 0.3) is 5.91 Å². The summed E-state index contributed by atoms with van der Waals surface area (Å²) in [5.74, 6) is 0.569. The Morgan fingerprint density at radius 2 is 1.67 bits per heavy atom. The van der Waals surface area contributed by atoms with E-state index in [9.17, 15) is 9.90 Å². The number of ether oxygens (including phenoxy) is 1. The van der Waals surface area contributed by atoms with Crippen LogP contribution in [-0.2, 0) is 11.2 Å². The third kappa shape index (κ3) is 4.36. The van der Waals surface area contributed by atoms with Gasteiger partial charge in [-0.1, -0.05) is 54.6 Å².